The first kappa shape index (κ1) is 11.0. The Morgan fingerprint density at radius 1 is 1.33 bits per heavy atom. The fourth-order valence-corrected chi connectivity index (χ4v) is 2.34. The molecule has 0 spiro atoms. The zero-order valence-corrected chi connectivity index (χ0v) is 10.6. The third-order valence-electron chi connectivity index (χ3n) is 3.25. The fraction of sp³-hybridized carbons (Fsp3) is 0.214. The van der Waals surface area contributed by atoms with Gasteiger partial charge < -0.3 is 10.3 Å². The number of hydrogen-bond donors (Lipinski definition) is 2. The molecule has 0 saturated carbocycles. The molecule has 2 heterocycles. The van der Waals surface area contributed by atoms with E-state index in [1.54, 1.807) is 0 Å². The number of aromatic amines is 1. The molecule has 92 valence electrons. The molecule has 0 aliphatic rings. The number of fused-ring (bicyclic) bond motifs is 1. The number of nitrogens with zero attached hydrogens (tertiary/aromatic N) is 2. The molecular weight excluding hydrogens is 224 g/mol. The van der Waals surface area contributed by atoms with E-state index in [9.17, 15) is 0 Å². The van der Waals surface area contributed by atoms with Crippen LogP contribution in [0.2, 0.25) is 0 Å². The molecule has 18 heavy (non-hydrogen) atoms. The van der Waals surface area contributed by atoms with Gasteiger partial charge in [0.1, 0.15) is 0 Å². The summed E-state index contributed by atoms with van der Waals surface area (Å²) < 4.78 is 1.89. The lowest BCUT2D eigenvalue weighted by atomic mass is 10.1. The molecular formula is C14H16N4. The Labute approximate surface area is 106 Å². The summed E-state index contributed by atoms with van der Waals surface area (Å²) in [5.41, 5.74) is 4.77. The minimum atomic E-state index is 0.880. The number of aromatic nitrogens is 3. The van der Waals surface area contributed by atoms with Gasteiger partial charge in [0.15, 0.2) is 0 Å². The summed E-state index contributed by atoms with van der Waals surface area (Å²) in [4.78, 5) is 3.33. The van der Waals surface area contributed by atoms with Gasteiger partial charge in [-0.15, -0.1) is 0 Å². The number of hydrogen-bond acceptors (Lipinski definition) is 2. The van der Waals surface area contributed by atoms with Crippen LogP contribution >= 0.6 is 0 Å². The number of benzene rings is 1. The van der Waals surface area contributed by atoms with E-state index >= 15 is 0 Å². The van der Waals surface area contributed by atoms with Gasteiger partial charge in [-0.25, -0.2) is 0 Å². The van der Waals surface area contributed by atoms with Crippen LogP contribution in [0, 0.1) is 0 Å². The average molecular weight is 240 g/mol. The highest BCUT2D eigenvalue weighted by molar-refractivity contribution is 5.87. The number of rotatable bonds is 3. The van der Waals surface area contributed by atoms with Gasteiger partial charge in [-0.05, 0) is 24.7 Å². The maximum atomic E-state index is 4.20. The number of nitrogens with one attached hydrogen (secondary N) is 2. The Morgan fingerprint density at radius 2 is 2.22 bits per heavy atom. The Hall–Kier alpha value is -2.07. The minimum Gasteiger partial charge on any atom is -0.361 e. The molecule has 3 rings (SSSR count). The smallest absolute Gasteiger partial charge is 0.0679 e. The second-order valence-electron chi connectivity index (χ2n) is 4.44. The van der Waals surface area contributed by atoms with Crippen LogP contribution in [0.5, 0.6) is 0 Å². The van der Waals surface area contributed by atoms with Crippen LogP contribution in [-0.4, -0.2) is 21.8 Å². The van der Waals surface area contributed by atoms with Crippen LogP contribution in [-0.2, 0) is 13.6 Å². The Morgan fingerprint density at radius 3 is 2.94 bits per heavy atom. The first-order valence-electron chi connectivity index (χ1n) is 6.02. The lowest BCUT2D eigenvalue weighted by Gasteiger charge is -2.03. The number of aryl methyl sites for hydroxylation is 1. The third-order valence-corrected chi connectivity index (χ3v) is 3.25. The summed E-state index contributed by atoms with van der Waals surface area (Å²) in [6.07, 6.45) is 3.88. The van der Waals surface area contributed by atoms with Crippen LogP contribution in [0.25, 0.3) is 22.2 Å². The Bertz CT molecular complexity index is 678. The van der Waals surface area contributed by atoms with Crippen molar-refractivity contribution >= 4 is 10.9 Å². The summed E-state index contributed by atoms with van der Waals surface area (Å²) in [6, 6.07) is 8.51. The van der Waals surface area contributed by atoms with Crippen molar-refractivity contribution in [3.05, 3.63) is 42.2 Å². The lowest BCUT2D eigenvalue weighted by Crippen LogP contribution is -2.03. The van der Waals surface area contributed by atoms with Crippen molar-refractivity contribution in [1.29, 1.82) is 0 Å². The van der Waals surface area contributed by atoms with Crippen molar-refractivity contribution in [2.24, 2.45) is 7.05 Å². The van der Waals surface area contributed by atoms with Gasteiger partial charge in [-0.2, -0.15) is 5.10 Å². The SMILES string of the molecule is CNCc1c[nH]c2cc(-c3ccnn3C)ccc12. The molecule has 0 amide bonds. The number of H-pyrrole nitrogens is 1. The fourth-order valence-electron chi connectivity index (χ4n) is 2.34. The molecule has 3 aromatic rings. The zero-order valence-electron chi connectivity index (χ0n) is 10.6. The predicted octanol–water partition coefficient (Wildman–Crippen LogP) is 2.29. The van der Waals surface area contributed by atoms with Crippen LogP contribution in [0.15, 0.2) is 36.7 Å². The molecule has 0 bridgehead atoms. The maximum Gasteiger partial charge on any atom is 0.0679 e. The third kappa shape index (κ3) is 1.71. The standard InChI is InChI=1S/C14H16N4/c1-15-8-11-9-16-13-7-10(3-4-12(11)13)14-5-6-17-18(14)2/h3-7,9,15-16H,8H2,1-2H3. The normalized spacial score (nSPS) is 11.2. The Kier molecular flexibility index (Phi) is 2.64. The van der Waals surface area contributed by atoms with E-state index in [-0.39, 0.29) is 0 Å². The second-order valence-corrected chi connectivity index (χ2v) is 4.44. The maximum absolute atomic E-state index is 4.20. The predicted molar refractivity (Wildman–Crippen MR) is 73.3 cm³/mol. The van der Waals surface area contributed by atoms with Crippen LogP contribution in [0.4, 0.5) is 0 Å². The van der Waals surface area contributed by atoms with Crippen molar-refractivity contribution in [1.82, 2.24) is 20.1 Å². The van der Waals surface area contributed by atoms with Crippen molar-refractivity contribution in [3.8, 4) is 11.3 Å². The molecule has 2 N–H and O–H groups in total. The lowest BCUT2D eigenvalue weighted by molar-refractivity contribution is 0.776. The van der Waals surface area contributed by atoms with Crippen molar-refractivity contribution < 1.29 is 0 Å². The summed E-state index contributed by atoms with van der Waals surface area (Å²) in [6.45, 7) is 0.880. The quantitative estimate of drug-likeness (QED) is 0.737. The molecule has 0 saturated heterocycles. The van der Waals surface area contributed by atoms with Gasteiger partial charge in [0.25, 0.3) is 0 Å². The first-order chi connectivity index (χ1) is 8.79. The highest BCUT2D eigenvalue weighted by atomic mass is 15.3. The molecule has 4 nitrogen and oxygen atoms in total. The average Bonchev–Trinajstić information content (AvgIpc) is 2.96. The van der Waals surface area contributed by atoms with E-state index < -0.39 is 0 Å². The molecule has 0 radical (unpaired) electrons. The van der Waals surface area contributed by atoms with E-state index in [1.807, 2.05) is 31.0 Å². The van der Waals surface area contributed by atoms with E-state index in [4.69, 9.17) is 0 Å². The highest BCUT2D eigenvalue weighted by Crippen LogP contribution is 2.25. The van der Waals surface area contributed by atoms with Crippen LogP contribution in [0.1, 0.15) is 5.56 Å². The molecule has 2 aromatic heterocycles. The van der Waals surface area contributed by atoms with Crippen molar-refractivity contribution in [2.45, 2.75) is 6.54 Å². The molecule has 0 atom stereocenters. The molecule has 0 fully saturated rings. The van der Waals surface area contributed by atoms with E-state index in [0.29, 0.717) is 0 Å². The van der Waals surface area contributed by atoms with Crippen molar-refractivity contribution in [2.75, 3.05) is 7.05 Å². The molecule has 0 aliphatic heterocycles. The highest BCUT2D eigenvalue weighted by Gasteiger charge is 2.06. The van der Waals surface area contributed by atoms with Gasteiger partial charge in [0.05, 0.1) is 5.69 Å². The zero-order chi connectivity index (χ0) is 12.5. The molecule has 1 aromatic carbocycles. The topological polar surface area (TPSA) is 45.6 Å². The molecule has 4 heteroatoms. The minimum absolute atomic E-state index is 0.880. The van der Waals surface area contributed by atoms with Gasteiger partial charge in [0, 0.05) is 42.5 Å². The van der Waals surface area contributed by atoms with E-state index in [0.717, 1.165) is 12.2 Å². The van der Waals surface area contributed by atoms with Crippen LogP contribution < -0.4 is 5.32 Å². The van der Waals surface area contributed by atoms with Gasteiger partial charge >= 0.3 is 0 Å². The van der Waals surface area contributed by atoms with Crippen molar-refractivity contribution in [3.63, 3.8) is 0 Å². The van der Waals surface area contributed by atoms with Gasteiger partial charge in [-0.3, -0.25) is 4.68 Å². The molecule has 0 unspecified atom stereocenters. The monoisotopic (exact) mass is 240 g/mol. The van der Waals surface area contributed by atoms with Gasteiger partial charge in [0.2, 0.25) is 0 Å². The van der Waals surface area contributed by atoms with Gasteiger partial charge in [-0.1, -0.05) is 12.1 Å². The van der Waals surface area contributed by atoms with E-state index in [1.165, 1.54) is 22.0 Å². The summed E-state index contributed by atoms with van der Waals surface area (Å²) in [7, 11) is 3.92. The first-order valence-corrected chi connectivity index (χ1v) is 6.02. The largest absolute Gasteiger partial charge is 0.361 e. The summed E-state index contributed by atoms with van der Waals surface area (Å²) >= 11 is 0. The van der Waals surface area contributed by atoms with E-state index in [2.05, 4.69) is 39.8 Å². The Balaban J connectivity index is 2.10. The molecule has 0 aliphatic carbocycles. The summed E-state index contributed by atoms with van der Waals surface area (Å²) in [5, 5.41) is 8.66. The summed E-state index contributed by atoms with van der Waals surface area (Å²) in [5.74, 6) is 0. The van der Waals surface area contributed by atoms with Crippen LogP contribution in [0.3, 0.4) is 0 Å². The second kappa shape index (κ2) is 4.31.